The van der Waals surface area contributed by atoms with Crippen molar-refractivity contribution >= 4 is 0 Å². The summed E-state index contributed by atoms with van der Waals surface area (Å²) in [6.07, 6.45) is 1.15. The highest BCUT2D eigenvalue weighted by molar-refractivity contribution is 5.29. The van der Waals surface area contributed by atoms with Crippen LogP contribution < -0.4 is 4.74 Å². The molecular weight excluding hydrogens is 278 g/mol. The molecule has 1 aliphatic rings. The van der Waals surface area contributed by atoms with Crippen molar-refractivity contribution in [1.29, 1.82) is 0 Å². The van der Waals surface area contributed by atoms with Gasteiger partial charge in [-0.2, -0.15) is 0 Å². The third kappa shape index (κ3) is 3.18. The first-order chi connectivity index (χ1) is 10.7. The molecule has 0 radical (unpaired) electrons. The molecule has 2 heterocycles. The number of nitrogens with zero attached hydrogens (tertiary/aromatic N) is 1. The lowest BCUT2D eigenvalue weighted by molar-refractivity contribution is 0.208. The van der Waals surface area contributed by atoms with Gasteiger partial charge in [0.25, 0.3) is 0 Å². The molecule has 4 heteroatoms. The summed E-state index contributed by atoms with van der Waals surface area (Å²) in [5.41, 5.74) is 1.32. The fraction of sp³-hybridized carbons (Fsp3) is 0.444. The van der Waals surface area contributed by atoms with Crippen molar-refractivity contribution in [1.82, 2.24) is 4.90 Å². The van der Waals surface area contributed by atoms with Crippen LogP contribution in [0.4, 0.5) is 0 Å². The highest BCUT2D eigenvalue weighted by Gasteiger charge is 2.31. The van der Waals surface area contributed by atoms with Crippen LogP contribution in [0.1, 0.15) is 36.5 Å². The van der Waals surface area contributed by atoms with Gasteiger partial charge in [-0.05, 0) is 42.2 Å². The number of aliphatic hydroxyl groups excluding tert-OH is 1. The van der Waals surface area contributed by atoms with Gasteiger partial charge in [0.2, 0.25) is 0 Å². The molecule has 0 amide bonds. The highest BCUT2D eigenvalue weighted by Crippen LogP contribution is 2.37. The molecule has 118 valence electrons. The van der Waals surface area contributed by atoms with E-state index >= 15 is 0 Å². The van der Waals surface area contributed by atoms with Crippen LogP contribution in [0.3, 0.4) is 0 Å². The number of benzene rings is 1. The maximum atomic E-state index is 9.11. The Kier molecular flexibility index (Phi) is 4.50. The minimum atomic E-state index is -0.0433. The largest absolute Gasteiger partial charge is 0.497 e. The first kappa shape index (κ1) is 15.1. The molecule has 1 aromatic carbocycles. The van der Waals surface area contributed by atoms with Crippen molar-refractivity contribution < 1.29 is 14.3 Å². The van der Waals surface area contributed by atoms with Crippen molar-refractivity contribution in [2.24, 2.45) is 5.92 Å². The standard InChI is InChI=1S/C18H23NO3/c1-13-9-18(14-3-5-15(21-2)6-4-14)19(10-13)11-16-7-8-17(12-20)22-16/h3-8,13,18,20H,9-12H2,1-2H3/t13-,18-/m0/s1. The van der Waals surface area contributed by atoms with Crippen LogP contribution in [0.5, 0.6) is 5.75 Å². The average Bonchev–Trinajstić information content (AvgIpc) is 3.14. The Morgan fingerprint density at radius 3 is 2.55 bits per heavy atom. The summed E-state index contributed by atoms with van der Waals surface area (Å²) in [6.45, 7) is 4.09. The van der Waals surface area contributed by atoms with Gasteiger partial charge in [-0.15, -0.1) is 0 Å². The summed E-state index contributed by atoms with van der Waals surface area (Å²) in [5, 5.41) is 9.11. The summed E-state index contributed by atoms with van der Waals surface area (Å²) in [5.74, 6) is 3.10. The van der Waals surface area contributed by atoms with Gasteiger partial charge in [-0.1, -0.05) is 19.1 Å². The molecule has 22 heavy (non-hydrogen) atoms. The predicted molar refractivity (Wildman–Crippen MR) is 84.6 cm³/mol. The van der Waals surface area contributed by atoms with E-state index in [0.29, 0.717) is 17.7 Å². The number of aliphatic hydroxyl groups is 1. The van der Waals surface area contributed by atoms with Gasteiger partial charge >= 0.3 is 0 Å². The zero-order valence-corrected chi connectivity index (χ0v) is 13.2. The predicted octanol–water partition coefficient (Wildman–Crippen LogP) is 3.36. The van der Waals surface area contributed by atoms with Gasteiger partial charge in [0.05, 0.1) is 13.7 Å². The lowest BCUT2D eigenvalue weighted by Crippen LogP contribution is -2.23. The van der Waals surface area contributed by atoms with Crippen LogP contribution in [-0.2, 0) is 13.2 Å². The van der Waals surface area contributed by atoms with Gasteiger partial charge in [-0.3, -0.25) is 4.90 Å². The van der Waals surface area contributed by atoms with Crippen molar-refractivity contribution in [2.45, 2.75) is 32.5 Å². The van der Waals surface area contributed by atoms with E-state index in [4.69, 9.17) is 14.3 Å². The van der Waals surface area contributed by atoms with E-state index in [0.717, 1.165) is 31.0 Å². The van der Waals surface area contributed by atoms with Crippen molar-refractivity contribution in [3.8, 4) is 5.75 Å². The van der Waals surface area contributed by atoms with Crippen LogP contribution in [0, 0.1) is 5.92 Å². The van der Waals surface area contributed by atoms with Crippen LogP contribution in [-0.4, -0.2) is 23.7 Å². The molecule has 1 aromatic heterocycles. The van der Waals surface area contributed by atoms with Gasteiger partial charge in [0.15, 0.2) is 0 Å². The lowest BCUT2D eigenvalue weighted by atomic mass is 10.0. The minimum Gasteiger partial charge on any atom is -0.497 e. The third-order valence-corrected chi connectivity index (χ3v) is 4.35. The molecule has 1 N–H and O–H groups in total. The van der Waals surface area contributed by atoms with E-state index in [-0.39, 0.29) is 6.61 Å². The van der Waals surface area contributed by atoms with E-state index in [2.05, 4.69) is 24.0 Å². The second kappa shape index (κ2) is 6.55. The molecule has 1 fully saturated rings. The van der Waals surface area contributed by atoms with Gasteiger partial charge in [0.1, 0.15) is 23.9 Å². The number of methoxy groups -OCH3 is 1. The Hall–Kier alpha value is -1.78. The second-order valence-corrected chi connectivity index (χ2v) is 6.09. The molecule has 4 nitrogen and oxygen atoms in total. The molecule has 1 aliphatic heterocycles. The normalized spacial score (nSPS) is 22.1. The highest BCUT2D eigenvalue weighted by atomic mass is 16.5. The van der Waals surface area contributed by atoms with Crippen LogP contribution in [0.15, 0.2) is 40.8 Å². The smallest absolute Gasteiger partial charge is 0.129 e. The molecule has 3 rings (SSSR count). The molecular formula is C18H23NO3. The quantitative estimate of drug-likeness (QED) is 0.920. The molecule has 0 spiro atoms. The number of furan rings is 1. The molecule has 2 atom stereocenters. The Morgan fingerprint density at radius 2 is 1.91 bits per heavy atom. The molecule has 0 bridgehead atoms. The van der Waals surface area contributed by atoms with Crippen molar-refractivity contribution in [2.75, 3.05) is 13.7 Å². The first-order valence-corrected chi connectivity index (χ1v) is 7.76. The van der Waals surface area contributed by atoms with Crippen LogP contribution in [0.25, 0.3) is 0 Å². The van der Waals surface area contributed by atoms with E-state index in [1.165, 1.54) is 5.56 Å². The van der Waals surface area contributed by atoms with E-state index in [9.17, 15) is 0 Å². The van der Waals surface area contributed by atoms with Gasteiger partial charge in [0, 0.05) is 12.6 Å². The molecule has 0 aliphatic carbocycles. The van der Waals surface area contributed by atoms with Crippen molar-refractivity contribution in [3.63, 3.8) is 0 Å². The van der Waals surface area contributed by atoms with E-state index < -0.39 is 0 Å². The zero-order valence-electron chi connectivity index (χ0n) is 13.2. The van der Waals surface area contributed by atoms with Gasteiger partial charge < -0.3 is 14.3 Å². The summed E-state index contributed by atoms with van der Waals surface area (Å²) in [7, 11) is 1.69. The zero-order chi connectivity index (χ0) is 15.5. The molecule has 1 saturated heterocycles. The minimum absolute atomic E-state index is 0.0433. The first-order valence-electron chi connectivity index (χ1n) is 7.76. The topological polar surface area (TPSA) is 45.8 Å². The lowest BCUT2D eigenvalue weighted by Gasteiger charge is -2.24. The fourth-order valence-electron chi connectivity index (χ4n) is 3.27. The summed E-state index contributed by atoms with van der Waals surface area (Å²) < 4.78 is 10.9. The maximum Gasteiger partial charge on any atom is 0.129 e. The number of hydrogen-bond acceptors (Lipinski definition) is 4. The van der Waals surface area contributed by atoms with Crippen LogP contribution >= 0.6 is 0 Å². The Morgan fingerprint density at radius 1 is 1.18 bits per heavy atom. The fourth-order valence-corrected chi connectivity index (χ4v) is 3.27. The maximum absolute atomic E-state index is 9.11. The SMILES string of the molecule is COc1ccc([C@@H]2C[C@H](C)CN2Cc2ccc(CO)o2)cc1. The Balaban J connectivity index is 1.76. The van der Waals surface area contributed by atoms with Gasteiger partial charge in [-0.25, -0.2) is 0 Å². The number of hydrogen-bond donors (Lipinski definition) is 1. The van der Waals surface area contributed by atoms with E-state index in [1.54, 1.807) is 7.11 Å². The second-order valence-electron chi connectivity index (χ2n) is 6.09. The summed E-state index contributed by atoms with van der Waals surface area (Å²) >= 11 is 0. The van der Waals surface area contributed by atoms with E-state index in [1.807, 2.05) is 24.3 Å². The van der Waals surface area contributed by atoms with Crippen LogP contribution in [0.2, 0.25) is 0 Å². The monoisotopic (exact) mass is 301 g/mol. The Bertz CT molecular complexity index is 605. The average molecular weight is 301 g/mol. The van der Waals surface area contributed by atoms with Crippen molar-refractivity contribution in [3.05, 3.63) is 53.5 Å². The summed E-state index contributed by atoms with van der Waals surface area (Å²) in [4.78, 5) is 2.45. The Labute approximate surface area is 131 Å². The molecule has 0 unspecified atom stereocenters. The number of likely N-dealkylation sites (tertiary alicyclic amines) is 1. The molecule has 2 aromatic rings. The number of ether oxygens (including phenoxy) is 1. The molecule has 0 saturated carbocycles. The summed E-state index contributed by atoms with van der Waals surface area (Å²) in [6, 6.07) is 12.5. The number of rotatable bonds is 5. The third-order valence-electron chi connectivity index (χ3n) is 4.35.